The zero-order chi connectivity index (χ0) is 14.7. The van der Waals surface area contributed by atoms with E-state index in [0.29, 0.717) is 25.4 Å². The first kappa shape index (κ1) is 14.3. The number of anilines is 1. The summed E-state index contributed by atoms with van der Waals surface area (Å²) < 4.78 is 5.29. The van der Waals surface area contributed by atoms with Gasteiger partial charge in [0.25, 0.3) is 0 Å². The highest BCUT2D eigenvalue weighted by Gasteiger charge is 2.24. The average Bonchev–Trinajstić information content (AvgIpc) is 2.41. The van der Waals surface area contributed by atoms with Gasteiger partial charge in [0.05, 0.1) is 24.8 Å². The van der Waals surface area contributed by atoms with E-state index in [1.165, 1.54) is 12.1 Å². The standard InChI is InChI=1S/C14H18N2O4/c1-9-3-4-11(13(17)18)7-12(9)15-14(19)16-5-6-20-8-10(16)2/h3-4,7,10H,5-6,8H2,1-2H3,(H,15,19)(H,17,18). The van der Waals surface area contributed by atoms with E-state index in [1.54, 1.807) is 11.0 Å². The van der Waals surface area contributed by atoms with Gasteiger partial charge in [-0.2, -0.15) is 0 Å². The Hall–Kier alpha value is -2.08. The zero-order valence-corrected chi connectivity index (χ0v) is 11.5. The Labute approximate surface area is 117 Å². The Morgan fingerprint density at radius 1 is 1.45 bits per heavy atom. The van der Waals surface area contributed by atoms with Gasteiger partial charge in [-0.25, -0.2) is 9.59 Å². The van der Waals surface area contributed by atoms with E-state index in [0.717, 1.165) is 5.56 Å². The lowest BCUT2D eigenvalue weighted by molar-refractivity contribution is 0.0221. The summed E-state index contributed by atoms with van der Waals surface area (Å²) in [6.07, 6.45) is 0. The molecular weight excluding hydrogens is 260 g/mol. The third-order valence-corrected chi connectivity index (χ3v) is 3.35. The van der Waals surface area contributed by atoms with Crippen LogP contribution >= 0.6 is 0 Å². The number of carbonyl (C=O) groups is 2. The number of carboxylic acids is 1. The summed E-state index contributed by atoms with van der Waals surface area (Å²) in [5.41, 5.74) is 1.50. The molecule has 6 nitrogen and oxygen atoms in total. The maximum atomic E-state index is 12.2. The quantitative estimate of drug-likeness (QED) is 0.866. The lowest BCUT2D eigenvalue weighted by Gasteiger charge is -2.33. The number of aryl methyl sites for hydroxylation is 1. The first-order valence-corrected chi connectivity index (χ1v) is 6.48. The topological polar surface area (TPSA) is 78.9 Å². The van der Waals surface area contributed by atoms with Crippen LogP contribution in [0.2, 0.25) is 0 Å². The first-order valence-electron chi connectivity index (χ1n) is 6.48. The number of morpholine rings is 1. The molecule has 0 aliphatic carbocycles. The van der Waals surface area contributed by atoms with Gasteiger partial charge in [-0.15, -0.1) is 0 Å². The lowest BCUT2D eigenvalue weighted by atomic mass is 10.1. The Morgan fingerprint density at radius 3 is 2.85 bits per heavy atom. The number of carboxylic acid groups (broad SMARTS) is 1. The van der Waals surface area contributed by atoms with Crippen molar-refractivity contribution in [1.29, 1.82) is 0 Å². The smallest absolute Gasteiger partial charge is 0.335 e. The number of aromatic carboxylic acids is 1. The van der Waals surface area contributed by atoms with Crippen molar-refractivity contribution in [2.75, 3.05) is 25.1 Å². The van der Waals surface area contributed by atoms with Crippen LogP contribution in [-0.4, -0.2) is 47.8 Å². The van der Waals surface area contributed by atoms with Crippen molar-refractivity contribution in [2.24, 2.45) is 0 Å². The molecule has 1 atom stereocenters. The summed E-state index contributed by atoms with van der Waals surface area (Å²) in [6.45, 7) is 5.31. The van der Waals surface area contributed by atoms with Crippen molar-refractivity contribution >= 4 is 17.7 Å². The summed E-state index contributed by atoms with van der Waals surface area (Å²) >= 11 is 0. The average molecular weight is 278 g/mol. The second-order valence-electron chi connectivity index (χ2n) is 4.88. The molecule has 1 heterocycles. The van der Waals surface area contributed by atoms with Crippen LogP contribution in [0.25, 0.3) is 0 Å². The maximum Gasteiger partial charge on any atom is 0.335 e. The van der Waals surface area contributed by atoms with Gasteiger partial charge < -0.3 is 20.1 Å². The minimum Gasteiger partial charge on any atom is -0.478 e. The second kappa shape index (κ2) is 5.92. The molecule has 1 saturated heterocycles. The fourth-order valence-electron chi connectivity index (χ4n) is 2.11. The van der Waals surface area contributed by atoms with Gasteiger partial charge in [-0.3, -0.25) is 0 Å². The van der Waals surface area contributed by atoms with Gasteiger partial charge in [-0.05, 0) is 31.5 Å². The molecule has 2 rings (SSSR count). The summed E-state index contributed by atoms with van der Waals surface area (Å²) in [4.78, 5) is 24.9. The third kappa shape index (κ3) is 3.08. The molecule has 0 spiro atoms. The van der Waals surface area contributed by atoms with E-state index in [9.17, 15) is 9.59 Å². The molecule has 1 aliphatic heterocycles. The summed E-state index contributed by atoms with van der Waals surface area (Å²) in [5, 5.41) is 11.8. The Kier molecular flexibility index (Phi) is 4.24. The van der Waals surface area contributed by atoms with Crippen LogP contribution in [0.3, 0.4) is 0 Å². The number of hydrogen-bond donors (Lipinski definition) is 2. The van der Waals surface area contributed by atoms with Crippen LogP contribution < -0.4 is 5.32 Å². The SMILES string of the molecule is Cc1ccc(C(=O)O)cc1NC(=O)N1CCOCC1C. The van der Waals surface area contributed by atoms with Gasteiger partial charge in [0, 0.05) is 12.2 Å². The van der Waals surface area contributed by atoms with Crippen LogP contribution in [0.15, 0.2) is 18.2 Å². The number of carbonyl (C=O) groups excluding carboxylic acids is 1. The predicted molar refractivity (Wildman–Crippen MR) is 74.1 cm³/mol. The van der Waals surface area contributed by atoms with Crippen molar-refractivity contribution < 1.29 is 19.4 Å². The molecule has 1 fully saturated rings. The number of urea groups is 1. The highest BCUT2D eigenvalue weighted by atomic mass is 16.5. The van der Waals surface area contributed by atoms with Crippen LogP contribution in [0.5, 0.6) is 0 Å². The number of rotatable bonds is 2. The highest BCUT2D eigenvalue weighted by molar-refractivity contribution is 5.94. The van der Waals surface area contributed by atoms with E-state index in [2.05, 4.69) is 5.32 Å². The van der Waals surface area contributed by atoms with Crippen molar-refractivity contribution in [3.63, 3.8) is 0 Å². The highest BCUT2D eigenvalue weighted by Crippen LogP contribution is 2.18. The van der Waals surface area contributed by atoms with Gasteiger partial charge in [0.1, 0.15) is 0 Å². The minimum atomic E-state index is -1.01. The van der Waals surface area contributed by atoms with Crippen LogP contribution in [0.1, 0.15) is 22.8 Å². The molecule has 2 amide bonds. The first-order chi connectivity index (χ1) is 9.49. The van der Waals surface area contributed by atoms with E-state index >= 15 is 0 Å². The van der Waals surface area contributed by atoms with Crippen LogP contribution in [0.4, 0.5) is 10.5 Å². The van der Waals surface area contributed by atoms with Crippen molar-refractivity contribution in [1.82, 2.24) is 4.90 Å². The molecule has 108 valence electrons. The van der Waals surface area contributed by atoms with Gasteiger partial charge in [0.2, 0.25) is 0 Å². The van der Waals surface area contributed by atoms with E-state index < -0.39 is 5.97 Å². The minimum absolute atomic E-state index is 0.00622. The summed E-state index contributed by atoms with van der Waals surface area (Å²) in [5.74, 6) is -1.01. The molecule has 0 aromatic heterocycles. The maximum absolute atomic E-state index is 12.2. The molecule has 0 bridgehead atoms. The van der Waals surface area contributed by atoms with E-state index in [1.807, 2.05) is 13.8 Å². The number of nitrogens with zero attached hydrogens (tertiary/aromatic N) is 1. The molecule has 1 aromatic rings. The zero-order valence-electron chi connectivity index (χ0n) is 11.5. The second-order valence-corrected chi connectivity index (χ2v) is 4.88. The van der Waals surface area contributed by atoms with Crippen LogP contribution in [-0.2, 0) is 4.74 Å². The largest absolute Gasteiger partial charge is 0.478 e. The Morgan fingerprint density at radius 2 is 2.20 bits per heavy atom. The number of ether oxygens (including phenoxy) is 1. The van der Waals surface area contributed by atoms with Gasteiger partial charge in [0.15, 0.2) is 0 Å². The molecule has 0 saturated carbocycles. The number of amides is 2. The molecule has 0 radical (unpaired) electrons. The van der Waals surface area contributed by atoms with Crippen molar-refractivity contribution in [3.8, 4) is 0 Å². The molecular formula is C14H18N2O4. The Bertz CT molecular complexity index is 530. The monoisotopic (exact) mass is 278 g/mol. The van der Waals surface area contributed by atoms with E-state index in [4.69, 9.17) is 9.84 Å². The van der Waals surface area contributed by atoms with E-state index in [-0.39, 0.29) is 17.6 Å². The predicted octanol–water partition coefficient (Wildman–Crippen LogP) is 1.95. The van der Waals surface area contributed by atoms with Crippen molar-refractivity contribution in [2.45, 2.75) is 19.9 Å². The molecule has 1 unspecified atom stereocenters. The molecule has 1 aromatic carbocycles. The fraction of sp³-hybridized carbons (Fsp3) is 0.429. The molecule has 6 heteroatoms. The number of hydrogen-bond acceptors (Lipinski definition) is 3. The Balaban J connectivity index is 2.14. The number of benzene rings is 1. The molecule has 2 N–H and O–H groups in total. The lowest BCUT2D eigenvalue weighted by Crippen LogP contribution is -2.48. The fourth-order valence-corrected chi connectivity index (χ4v) is 2.11. The molecule has 20 heavy (non-hydrogen) atoms. The summed E-state index contributed by atoms with van der Waals surface area (Å²) in [6, 6.07) is 4.45. The third-order valence-electron chi connectivity index (χ3n) is 3.35. The number of nitrogens with one attached hydrogen (secondary N) is 1. The van der Waals surface area contributed by atoms with Crippen LogP contribution in [0, 0.1) is 6.92 Å². The molecule has 1 aliphatic rings. The van der Waals surface area contributed by atoms with Crippen molar-refractivity contribution in [3.05, 3.63) is 29.3 Å². The normalized spacial score (nSPS) is 18.7. The summed E-state index contributed by atoms with van der Waals surface area (Å²) in [7, 11) is 0. The van der Waals surface area contributed by atoms with Gasteiger partial charge in [-0.1, -0.05) is 6.07 Å². The van der Waals surface area contributed by atoms with Gasteiger partial charge >= 0.3 is 12.0 Å².